The zero-order chi connectivity index (χ0) is 28.1. The van der Waals surface area contributed by atoms with E-state index < -0.39 is 12.1 Å². The van der Waals surface area contributed by atoms with Gasteiger partial charge >= 0.3 is 5.97 Å². The SMILES string of the molecule is C=C[C@H]1OC(=O)C(=C)C[C@@H](OCc2ccc(OC)cc2)/C=C(\C)CC/C=C(\C)C[C@H](OCOC)[C@H]1C(C)C. The molecule has 0 saturated heterocycles. The van der Waals surface area contributed by atoms with Crippen LogP contribution < -0.4 is 4.74 Å². The van der Waals surface area contributed by atoms with E-state index in [1.807, 2.05) is 24.3 Å². The van der Waals surface area contributed by atoms with Gasteiger partial charge in [0.2, 0.25) is 0 Å². The number of carbonyl (C=O) groups is 1. The second-order valence-electron chi connectivity index (χ2n) is 10.4. The Labute approximate surface area is 229 Å². The zero-order valence-electron chi connectivity index (χ0n) is 24.0. The molecule has 0 unspecified atom stereocenters. The van der Waals surface area contributed by atoms with Crippen molar-refractivity contribution in [3.63, 3.8) is 0 Å². The summed E-state index contributed by atoms with van der Waals surface area (Å²) in [6.45, 7) is 17.0. The van der Waals surface area contributed by atoms with Crippen LogP contribution in [0.25, 0.3) is 0 Å². The first-order chi connectivity index (χ1) is 18.2. The molecule has 0 aromatic heterocycles. The van der Waals surface area contributed by atoms with Gasteiger partial charge < -0.3 is 23.7 Å². The summed E-state index contributed by atoms with van der Waals surface area (Å²) in [4.78, 5) is 13.2. The minimum absolute atomic E-state index is 0.102. The zero-order valence-corrected chi connectivity index (χ0v) is 24.0. The first kappa shape index (κ1) is 31.5. The lowest BCUT2D eigenvalue weighted by Gasteiger charge is -2.35. The number of rotatable bonds is 9. The maximum absolute atomic E-state index is 13.2. The van der Waals surface area contributed by atoms with E-state index >= 15 is 0 Å². The molecular formula is C32H46O6. The minimum atomic E-state index is -0.532. The number of cyclic esters (lactones) is 1. The predicted molar refractivity (Wildman–Crippen MR) is 152 cm³/mol. The van der Waals surface area contributed by atoms with Crippen LogP contribution in [0.2, 0.25) is 0 Å². The predicted octanol–water partition coefficient (Wildman–Crippen LogP) is 6.96. The van der Waals surface area contributed by atoms with Crippen molar-refractivity contribution in [1.82, 2.24) is 0 Å². The molecule has 0 spiro atoms. The number of allylic oxidation sites excluding steroid dienone is 2. The van der Waals surface area contributed by atoms with E-state index in [0.717, 1.165) is 24.2 Å². The van der Waals surface area contributed by atoms with Gasteiger partial charge in [-0.1, -0.05) is 68.5 Å². The summed E-state index contributed by atoms with van der Waals surface area (Å²) in [7, 11) is 3.25. The molecule has 0 saturated carbocycles. The first-order valence-electron chi connectivity index (χ1n) is 13.4. The largest absolute Gasteiger partial charge is 0.497 e. The third-order valence-electron chi connectivity index (χ3n) is 6.84. The van der Waals surface area contributed by atoms with E-state index in [0.29, 0.717) is 25.0 Å². The number of hydrogen-bond donors (Lipinski definition) is 0. The van der Waals surface area contributed by atoms with Gasteiger partial charge in [0.15, 0.2) is 0 Å². The summed E-state index contributed by atoms with van der Waals surface area (Å²) in [6.07, 6.45) is 7.86. The Hall–Kier alpha value is -2.67. The second kappa shape index (κ2) is 16.3. The van der Waals surface area contributed by atoms with Gasteiger partial charge in [-0.15, -0.1) is 0 Å². The summed E-state index contributed by atoms with van der Waals surface area (Å²) in [6, 6.07) is 7.76. The highest BCUT2D eigenvalue weighted by Crippen LogP contribution is 2.30. The van der Waals surface area contributed by atoms with Gasteiger partial charge in [-0.2, -0.15) is 0 Å². The Morgan fingerprint density at radius 1 is 1.08 bits per heavy atom. The average molecular weight is 527 g/mol. The first-order valence-corrected chi connectivity index (χ1v) is 13.4. The normalized spacial score (nSPS) is 26.8. The monoisotopic (exact) mass is 526 g/mol. The quantitative estimate of drug-likeness (QED) is 0.150. The molecule has 6 heteroatoms. The van der Waals surface area contributed by atoms with Gasteiger partial charge in [0, 0.05) is 25.0 Å². The summed E-state index contributed by atoms with van der Waals surface area (Å²) >= 11 is 0. The Bertz CT molecular complexity index is 959. The van der Waals surface area contributed by atoms with E-state index in [1.54, 1.807) is 20.3 Å². The lowest BCUT2D eigenvalue weighted by atomic mass is 9.82. The van der Waals surface area contributed by atoms with Crippen molar-refractivity contribution in [3.8, 4) is 5.75 Å². The molecule has 1 aliphatic rings. The van der Waals surface area contributed by atoms with E-state index in [9.17, 15) is 4.79 Å². The fraction of sp³-hybridized carbons (Fsp3) is 0.531. The molecule has 0 aliphatic carbocycles. The van der Waals surface area contributed by atoms with Crippen LogP contribution >= 0.6 is 0 Å². The molecule has 0 bridgehead atoms. The van der Waals surface area contributed by atoms with Gasteiger partial charge in [0.1, 0.15) is 18.6 Å². The molecule has 1 heterocycles. The standard InChI is InChI=1S/C32H46O6/c1-9-29-31(22(2)3)30(37-21-34-7)18-24(5)12-10-11-23(4)17-28(19-25(6)32(33)38-29)36-20-26-13-15-27(35-8)16-14-26/h9,12-17,22,28-31H,1,6,10-11,18-21H2,2-5,7-8H3/b23-17+,24-12+/t28-,29+,30-,31-/m0/s1. The highest BCUT2D eigenvalue weighted by atomic mass is 16.7. The number of hydrogen-bond acceptors (Lipinski definition) is 6. The highest BCUT2D eigenvalue weighted by Gasteiger charge is 2.34. The third kappa shape index (κ3) is 10.2. The molecule has 210 valence electrons. The smallest absolute Gasteiger partial charge is 0.334 e. The molecule has 1 aliphatic heterocycles. The topological polar surface area (TPSA) is 63.2 Å². The maximum Gasteiger partial charge on any atom is 0.334 e. The molecule has 0 fully saturated rings. The number of esters is 1. The molecule has 0 radical (unpaired) electrons. The highest BCUT2D eigenvalue weighted by molar-refractivity contribution is 5.88. The van der Waals surface area contributed by atoms with Crippen molar-refractivity contribution in [3.05, 3.63) is 77.9 Å². The fourth-order valence-corrected chi connectivity index (χ4v) is 4.74. The third-order valence-corrected chi connectivity index (χ3v) is 6.84. The lowest BCUT2D eigenvalue weighted by Crippen LogP contribution is -2.40. The van der Waals surface area contributed by atoms with Crippen LogP contribution in [0.15, 0.2) is 72.4 Å². The number of methoxy groups -OCH3 is 2. The van der Waals surface area contributed by atoms with Crippen LogP contribution in [0.4, 0.5) is 0 Å². The van der Waals surface area contributed by atoms with Crippen LogP contribution in [0.1, 0.15) is 58.9 Å². The maximum atomic E-state index is 13.2. The van der Waals surface area contributed by atoms with Gasteiger partial charge in [-0.05, 0) is 56.7 Å². The summed E-state index contributed by atoms with van der Waals surface area (Å²) < 4.78 is 28.8. The van der Waals surface area contributed by atoms with Crippen LogP contribution in [0.5, 0.6) is 5.75 Å². The van der Waals surface area contributed by atoms with Gasteiger partial charge in [-0.25, -0.2) is 4.79 Å². The number of benzene rings is 1. The van der Waals surface area contributed by atoms with Crippen molar-refractivity contribution >= 4 is 5.97 Å². The Kier molecular flexibility index (Phi) is 13.6. The Morgan fingerprint density at radius 2 is 1.79 bits per heavy atom. The van der Waals surface area contributed by atoms with E-state index in [-0.39, 0.29) is 30.8 Å². The van der Waals surface area contributed by atoms with E-state index in [1.165, 1.54) is 11.1 Å². The van der Waals surface area contributed by atoms with Crippen LogP contribution in [-0.4, -0.2) is 45.3 Å². The molecule has 1 aromatic rings. The van der Waals surface area contributed by atoms with E-state index in [4.69, 9.17) is 23.7 Å². The number of carbonyl (C=O) groups excluding carboxylic acids is 1. The molecule has 2 rings (SSSR count). The summed E-state index contributed by atoms with van der Waals surface area (Å²) in [5.74, 6) is 0.422. The molecule has 1 aromatic carbocycles. The average Bonchev–Trinajstić information content (AvgIpc) is 2.89. The molecule has 4 atom stereocenters. The van der Waals surface area contributed by atoms with Gasteiger partial charge in [0.05, 0.1) is 25.9 Å². The fourth-order valence-electron chi connectivity index (χ4n) is 4.74. The van der Waals surface area contributed by atoms with Crippen molar-refractivity contribution in [1.29, 1.82) is 0 Å². The van der Waals surface area contributed by atoms with Crippen molar-refractivity contribution in [2.24, 2.45) is 11.8 Å². The number of ether oxygens (including phenoxy) is 5. The summed E-state index contributed by atoms with van der Waals surface area (Å²) in [5, 5.41) is 0. The van der Waals surface area contributed by atoms with E-state index in [2.05, 4.69) is 53.0 Å². The Morgan fingerprint density at radius 3 is 2.39 bits per heavy atom. The summed E-state index contributed by atoms with van der Waals surface area (Å²) in [5.41, 5.74) is 3.81. The van der Waals surface area contributed by atoms with Gasteiger partial charge in [0.25, 0.3) is 0 Å². The molecule has 38 heavy (non-hydrogen) atoms. The van der Waals surface area contributed by atoms with Crippen LogP contribution in [0, 0.1) is 11.8 Å². The van der Waals surface area contributed by atoms with Crippen molar-refractivity contribution < 1.29 is 28.5 Å². The lowest BCUT2D eigenvalue weighted by molar-refractivity contribution is -0.153. The second-order valence-corrected chi connectivity index (χ2v) is 10.4. The molecule has 0 N–H and O–H groups in total. The van der Waals surface area contributed by atoms with Crippen molar-refractivity contribution in [2.45, 2.75) is 78.3 Å². The van der Waals surface area contributed by atoms with Gasteiger partial charge in [-0.3, -0.25) is 0 Å². The van der Waals surface area contributed by atoms with Crippen LogP contribution in [0.3, 0.4) is 0 Å². The molecule has 6 nitrogen and oxygen atoms in total. The van der Waals surface area contributed by atoms with Crippen molar-refractivity contribution in [2.75, 3.05) is 21.0 Å². The van der Waals surface area contributed by atoms with Crippen LogP contribution in [-0.2, 0) is 30.3 Å². The molecule has 0 amide bonds. The Balaban J connectivity index is 2.31. The molecular weight excluding hydrogens is 480 g/mol. The minimum Gasteiger partial charge on any atom is -0.497 e.